The Morgan fingerprint density at radius 2 is 1.29 bits per heavy atom. The number of hydrogen-bond donors (Lipinski definition) is 0. The van der Waals surface area contributed by atoms with E-state index in [4.69, 9.17) is 9.47 Å². The van der Waals surface area contributed by atoms with Crippen molar-refractivity contribution in [2.45, 2.75) is 90.6 Å². The Morgan fingerprint density at radius 1 is 0.737 bits per heavy atom. The van der Waals surface area contributed by atoms with Crippen molar-refractivity contribution >= 4 is 5.97 Å². The highest BCUT2D eigenvalue weighted by atomic mass is 19.1. The van der Waals surface area contributed by atoms with Crippen molar-refractivity contribution in [2.75, 3.05) is 6.61 Å². The lowest BCUT2D eigenvalue weighted by molar-refractivity contribution is -0.147. The average Bonchev–Trinajstić information content (AvgIpc) is 2.94. The fourth-order valence-electron chi connectivity index (χ4n) is 4.14. The van der Waals surface area contributed by atoms with Gasteiger partial charge in [0.05, 0.1) is 6.61 Å². The van der Waals surface area contributed by atoms with Crippen molar-refractivity contribution in [2.24, 2.45) is 0 Å². The Hall–Kier alpha value is -3.28. The van der Waals surface area contributed by atoms with E-state index in [1.54, 1.807) is 24.5 Å². The summed E-state index contributed by atoms with van der Waals surface area (Å²) in [6, 6.07) is 14.8. The Morgan fingerprint density at radius 3 is 1.92 bits per heavy atom. The van der Waals surface area contributed by atoms with Crippen LogP contribution in [0.15, 0.2) is 60.9 Å². The van der Waals surface area contributed by atoms with Gasteiger partial charge in [-0.1, -0.05) is 70.9 Å². The maximum absolute atomic E-state index is 14.8. The molecular formula is C32H41FN2O3. The van der Waals surface area contributed by atoms with Crippen molar-refractivity contribution in [1.29, 1.82) is 0 Å². The molecule has 3 aromatic rings. The minimum absolute atomic E-state index is 0.173. The Labute approximate surface area is 226 Å². The molecule has 0 N–H and O–H groups in total. The van der Waals surface area contributed by atoms with Crippen LogP contribution in [-0.4, -0.2) is 28.2 Å². The van der Waals surface area contributed by atoms with Crippen LogP contribution in [0.25, 0.3) is 22.5 Å². The minimum atomic E-state index is -1.99. The molecule has 0 amide bonds. The number of benzene rings is 2. The zero-order valence-corrected chi connectivity index (χ0v) is 23.0. The Balaban J connectivity index is 1.52. The first-order valence-corrected chi connectivity index (χ1v) is 14.0. The number of unbranched alkanes of at least 4 members (excludes halogenated alkanes) is 7. The van der Waals surface area contributed by atoms with Crippen molar-refractivity contribution in [3.8, 4) is 34.0 Å². The van der Waals surface area contributed by atoms with Gasteiger partial charge in [-0.15, -0.1) is 0 Å². The maximum atomic E-state index is 14.8. The highest BCUT2D eigenvalue weighted by Crippen LogP contribution is 2.27. The van der Waals surface area contributed by atoms with Gasteiger partial charge in [0, 0.05) is 23.5 Å². The zero-order chi connectivity index (χ0) is 27.2. The molecular weight excluding hydrogens is 479 g/mol. The summed E-state index contributed by atoms with van der Waals surface area (Å²) in [5.41, 5.74) is 0.632. The number of hydrogen-bond acceptors (Lipinski definition) is 5. The normalized spacial score (nSPS) is 12.6. The van der Waals surface area contributed by atoms with E-state index in [-0.39, 0.29) is 6.42 Å². The number of alkyl halides is 1. The lowest BCUT2D eigenvalue weighted by Gasteiger charge is -2.18. The van der Waals surface area contributed by atoms with Crippen LogP contribution >= 0.6 is 0 Å². The number of nitrogens with zero attached hydrogens (tertiary/aromatic N) is 2. The van der Waals surface area contributed by atoms with Crippen LogP contribution in [0.3, 0.4) is 0 Å². The summed E-state index contributed by atoms with van der Waals surface area (Å²) in [6.07, 6.45) is 13.3. The van der Waals surface area contributed by atoms with Gasteiger partial charge in [-0.25, -0.2) is 19.2 Å². The number of rotatable bonds is 16. The number of halogens is 1. The first-order valence-electron chi connectivity index (χ1n) is 14.0. The molecule has 0 radical (unpaired) electrons. The van der Waals surface area contributed by atoms with Gasteiger partial charge in [0.1, 0.15) is 11.5 Å². The monoisotopic (exact) mass is 520 g/mol. The number of aromatic nitrogens is 2. The standard InChI is InChI=1S/C32H41FN2O3/c1-4-6-8-10-11-21-32(3,33)31(36)38-29-19-13-25(14-20-29)27-23-34-30(35-24-27)26-15-17-28(18-16-26)37-22-12-9-7-5-2/h13-20,23-24H,4-12,21-22H2,1-3H3/t32-/m0/s1. The first kappa shape index (κ1) is 29.3. The van der Waals surface area contributed by atoms with E-state index in [2.05, 4.69) is 23.8 Å². The third-order valence-corrected chi connectivity index (χ3v) is 6.60. The second kappa shape index (κ2) is 15.2. The Kier molecular flexibility index (Phi) is 11.7. The maximum Gasteiger partial charge on any atom is 0.348 e. The van der Waals surface area contributed by atoms with Gasteiger partial charge in [0.2, 0.25) is 5.67 Å². The lowest BCUT2D eigenvalue weighted by atomic mass is 9.99. The summed E-state index contributed by atoms with van der Waals surface area (Å²) in [5, 5.41) is 0. The minimum Gasteiger partial charge on any atom is -0.494 e. The Bertz CT molecular complexity index is 1100. The largest absolute Gasteiger partial charge is 0.494 e. The van der Waals surface area contributed by atoms with E-state index in [0.717, 1.165) is 61.2 Å². The highest BCUT2D eigenvalue weighted by molar-refractivity contribution is 5.81. The van der Waals surface area contributed by atoms with E-state index in [9.17, 15) is 9.18 Å². The molecule has 0 aliphatic rings. The van der Waals surface area contributed by atoms with Gasteiger partial charge < -0.3 is 9.47 Å². The SMILES string of the molecule is CCCCCCC[C@](C)(F)C(=O)Oc1ccc(-c2cnc(-c3ccc(OCCCCCC)cc3)nc2)cc1. The second-order valence-corrected chi connectivity index (χ2v) is 10.0. The molecule has 1 atom stereocenters. The molecule has 0 aliphatic carbocycles. The fraction of sp³-hybridized carbons (Fsp3) is 0.469. The van der Waals surface area contributed by atoms with Crippen LogP contribution in [0.2, 0.25) is 0 Å². The van der Waals surface area contributed by atoms with Crippen LogP contribution < -0.4 is 9.47 Å². The van der Waals surface area contributed by atoms with Crippen LogP contribution in [0.4, 0.5) is 4.39 Å². The molecule has 1 heterocycles. The van der Waals surface area contributed by atoms with Crippen LogP contribution in [0.5, 0.6) is 11.5 Å². The van der Waals surface area contributed by atoms with E-state index >= 15 is 0 Å². The topological polar surface area (TPSA) is 61.3 Å². The fourth-order valence-corrected chi connectivity index (χ4v) is 4.14. The second-order valence-electron chi connectivity index (χ2n) is 10.0. The summed E-state index contributed by atoms with van der Waals surface area (Å²) in [6.45, 7) is 6.37. The van der Waals surface area contributed by atoms with Crippen molar-refractivity contribution in [1.82, 2.24) is 9.97 Å². The first-order chi connectivity index (χ1) is 18.4. The predicted molar refractivity (Wildman–Crippen MR) is 151 cm³/mol. The van der Waals surface area contributed by atoms with Gasteiger partial charge in [0.15, 0.2) is 5.82 Å². The van der Waals surface area contributed by atoms with Crippen LogP contribution in [0.1, 0.15) is 85.0 Å². The average molecular weight is 521 g/mol. The molecule has 3 rings (SSSR count). The highest BCUT2D eigenvalue weighted by Gasteiger charge is 2.34. The third kappa shape index (κ3) is 9.23. The number of esters is 1. The zero-order valence-electron chi connectivity index (χ0n) is 23.0. The molecule has 5 nitrogen and oxygen atoms in total. The molecule has 0 fully saturated rings. The van der Waals surface area contributed by atoms with Gasteiger partial charge in [-0.3, -0.25) is 0 Å². The van der Waals surface area contributed by atoms with Gasteiger partial charge in [-0.2, -0.15) is 0 Å². The molecule has 38 heavy (non-hydrogen) atoms. The molecule has 6 heteroatoms. The van der Waals surface area contributed by atoms with Crippen LogP contribution in [-0.2, 0) is 4.79 Å². The molecule has 204 valence electrons. The molecule has 2 aromatic carbocycles. The van der Waals surface area contributed by atoms with Crippen molar-refractivity contribution < 1.29 is 18.7 Å². The summed E-state index contributed by atoms with van der Waals surface area (Å²) in [5.74, 6) is 0.952. The third-order valence-electron chi connectivity index (χ3n) is 6.60. The van der Waals surface area contributed by atoms with Gasteiger partial charge in [-0.05, 0) is 68.1 Å². The summed E-state index contributed by atoms with van der Waals surface area (Å²) < 4.78 is 26.0. The molecule has 0 spiro atoms. The predicted octanol–water partition coefficient (Wildman–Crippen LogP) is 8.76. The smallest absolute Gasteiger partial charge is 0.348 e. The number of carbonyl (C=O) groups is 1. The molecule has 0 saturated carbocycles. The van der Waals surface area contributed by atoms with E-state index in [1.807, 2.05) is 36.4 Å². The summed E-state index contributed by atoms with van der Waals surface area (Å²) in [7, 11) is 0. The molecule has 0 saturated heterocycles. The number of carbonyl (C=O) groups excluding carboxylic acids is 1. The van der Waals surface area contributed by atoms with E-state index in [0.29, 0.717) is 18.0 Å². The molecule has 0 aliphatic heterocycles. The quantitative estimate of drug-likeness (QED) is 0.107. The van der Waals surface area contributed by atoms with Crippen LogP contribution in [0, 0.1) is 0 Å². The molecule has 1 aromatic heterocycles. The van der Waals surface area contributed by atoms with Crippen molar-refractivity contribution in [3.05, 3.63) is 60.9 Å². The van der Waals surface area contributed by atoms with Gasteiger partial charge in [0.25, 0.3) is 0 Å². The molecule has 0 bridgehead atoms. The molecule has 0 unspecified atom stereocenters. The number of ether oxygens (including phenoxy) is 2. The lowest BCUT2D eigenvalue weighted by Crippen LogP contribution is -2.34. The summed E-state index contributed by atoms with van der Waals surface area (Å²) in [4.78, 5) is 21.4. The van der Waals surface area contributed by atoms with Gasteiger partial charge >= 0.3 is 5.97 Å². The van der Waals surface area contributed by atoms with Crippen molar-refractivity contribution in [3.63, 3.8) is 0 Å². The van der Waals surface area contributed by atoms with E-state index in [1.165, 1.54) is 26.2 Å². The summed E-state index contributed by atoms with van der Waals surface area (Å²) >= 11 is 0. The van der Waals surface area contributed by atoms with E-state index < -0.39 is 11.6 Å².